The standard InChI is InChI=1S/C24H27N3O4S/c1-19-18-32(30,31)27(23(19)28)22-11-9-21(10-12-22)24(29)26-16-14-25(15-17-26)13-5-8-20-6-3-2-4-7-20/h2-12,19H,13-18H2,1H3/b8-5+. The molecule has 0 spiro atoms. The molecule has 0 aliphatic carbocycles. The van der Waals surface area contributed by atoms with Crippen molar-refractivity contribution in [3.63, 3.8) is 0 Å². The van der Waals surface area contributed by atoms with Gasteiger partial charge < -0.3 is 4.90 Å². The lowest BCUT2D eigenvalue weighted by Gasteiger charge is -2.34. The van der Waals surface area contributed by atoms with Crippen LogP contribution in [0, 0.1) is 5.92 Å². The summed E-state index contributed by atoms with van der Waals surface area (Å²) in [6.07, 6.45) is 4.24. The van der Waals surface area contributed by atoms with Crippen molar-refractivity contribution < 1.29 is 18.0 Å². The molecule has 2 heterocycles. The third-order valence-corrected chi connectivity index (χ3v) is 7.71. The van der Waals surface area contributed by atoms with Crippen molar-refractivity contribution in [1.82, 2.24) is 9.80 Å². The van der Waals surface area contributed by atoms with E-state index in [1.54, 1.807) is 19.1 Å². The first-order chi connectivity index (χ1) is 15.3. The Hall–Kier alpha value is -2.97. The van der Waals surface area contributed by atoms with Gasteiger partial charge in [0.05, 0.1) is 17.4 Å². The Morgan fingerprint density at radius 3 is 2.25 bits per heavy atom. The summed E-state index contributed by atoms with van der Waals surface area (Å²) < 4.78 is 25.4. The van der Waals surface area contributed by atoms with Crippen molar-refractivity contribution in [1.29, 1.82) is 0 Å². The van der Waals surface area contributed by atoms with Gasteiger partial charge in [-0.2, -0.15) is 0 Å². The first-order valence-electron chi connectivity index (χ1n) is 10.8. The highest BCUT2D eigenvalue weighted by atomic mass is 32.2. The highest BCUT2D eigenvalue weighted by Gasteiger charge is 2.41. The average Bonchev–Trinajstić information content (AvgIpc) is 3.01. The topological polar surface area (TPSA) is 78.0 Å². The summed E-state index contributed by atoms with van der Waals surface area (Å²) in [7, 11) is -3.65. The number of rotatable bonds is 5. The van der Waals surface area contributed by atoms with E-state index in [1.807, 2.05) is 23.1 Å². The number of carbonyl (C=O) groups is 2. The van der Waals surface area contributed by atoms with Crippen molar-refractivity contribution in [3.8, 4) is 0 Å². The number of amides is 2. The maximum absolute atomic E-state index is 12.9. The Bertz CT molecular complexity index is 1110. The Morgan fingerprint density at radius 2 is 1.66 bits per heavy atom. The van der Waals surface area contributed by atoms with E-state index in [4.69, 9.17) is 0 Å². The van der Waals surface area contributed by atoms with Gasteiger partial charge in [-0.1, -0.05) is 49.4 Å². The van der Waals surface area contributed by atoms with E-state index < -0.39 is 21.8 Å². The van der Waals surface area contributed by atoms with Crippen molar-refractivity contribution in [2.75, 3.05) is 42.8 Å². The zero-order valence-electron chi connectivity index (χ0n) is 18.1. The summed E-state index contributed by atoms with van der Waals surface area (Å²) in [5.74, 6) is -1.25. The summed E-state index contributed by atoms with van der Waals surface area (Å²) in [6, 6.07) is 16.4. The van der Waals surface area contributed by atoms with Gasteiger partial charge in [-0.3, -0.25) is 14.5 Å². The second kappa shape index (κ2) is 9.26. The van der Waals surface area contributed by atoms with E-state index in [2.05, 4.69) is 29.2 Å². The number of hydrogen-bond donors (Lipinski definition) is 0. The van der Waals surface area contributed by atoms with Crippen LogP contribution in [-0.4, -0.2) is 68.5 Å². The van der Waals surface area contributed by atoms with Crippen LogP contribution in [0.2, 0.25) is 0 Å². The summed E-state index contributed by atoms with van der Waals surface area (Å²) >= 11 is 0. The average molecular weight is 454 g/mol. The Labute approximate surface area is 189 Å². The number of sulfonamides is 1. The highest BCUT2D eigenvalue weighted by Crippen LogP contribution is 2.28. The first-order valence-corrected chi connectivity index (χ1v) is 12.4. The molecule has 0 radical (unpaired) electrons. The summed E-state index contributed by atoms with van der Waals surface area (Å²) in [5.41, 5.74) is 1.94. The van der Waals surface area contributed by atoms with E-state index >= 15 is 0 Å². The minimum atomic E-state index is -3.65. The van der Waals surface area contributed by atoms with Gasteiger partial charge >= 0.3 is 0 Å². The summed E-state index contributed by atoms with van der Waals surface area (Å²) in [6.45, 7) is 5.30. The molecule has 1 atom stereocenters. The monoisotopic (exact) mass is 453 g/mol. The molecule has 2 amide bonds. The number of anilines is 1. The van der Waals surface area contributed by atoms with Crippen LogP contribution in [0.25, 0.3) is 6.08 Å². The SMILES string of the molecule is CC1CS(=O)(=O)N(c2ccc(C(=O)N3CCN(C/C=C/c4ccccc4)CC3)cc2)C1=O. The van der Waals surface area contributed by atoms with Gasteiger partial charge in [-0.25, -0.2) is 12.7 Å². The molecular weight excluding hydrogens is 426 g/mol. The van der Waals surface area contributed by atoms with Gasteiger partial charge in [0.25, 0.3) is 5.91 Å². The van der Waals surface area contributed by atoms with E-state index in [-0.39, 0.29) is 17.3 Å². The van der Waals surface area contributed by atoms with Crippen molar-refractivity contribution in [2.45, 2.75) is 6.92 Å². The zero-order valence-corrected chi connectivity index (χ0v) is 18.9. The van der Waals surface area contributed by atoms with E-state index in [1.165, 1.54) is 17.7 Å². The lowest BCUT2D eigenvalue weighted by Crippen LogP contribution is -2.48. The van der Waals surface area contributed by atoms with E-state index in [0.29, 0.717) is 18.7 Å². The fourth-order valence-corrected chi connectivity index (χ4v) is 5.86. The molecule has 2 fully saturated rings. The fraction of sp³-hybridized carbons (Fsp3) is 0.333. The first kappa shape index (κ1) is 22.2. The van der Waals surface area contributed by atoms with Crippen LogP contribution >= 0.6 is 0 Å². The van der Waals surface area contributed by atoms with Gasteiger partial charge in [-0.05, 0) is 29.8 Å². The third kappa shape index (κ3) is 4.76. The predicted octanol–water partition coefficient (Wildman–Crippen LogP) is 2.47. The van der Waals surface area contributed by atoms with Gasteiger partial charge in [0.2, 0.25) is 15.9 Å². The molecule has 1 unspecified atom stereocenters. The Morgan fingerprint density at radius 1 is 1.00 bits per heavy atom. The van der Waals surface area contributed by atoms with Gasteiger partial charge in [0, 0.05) is 38.3 Å². The van der Waals surface area contributed by atoms with Crippen molar-refractivity contribution >= 4 is 33.6 Å². The van der Waals surface area contributed by atoms with E-state index in [0.717, 1.165) is 23.9 Å². The minimum Gasteiger partial charge on any atom is -0.336 e. The molecule has 0 saturated carbocycles. The maximum Gasteiger partial charge on any atom is 0.253 e. The van der Waals surface area contributed by atoms with Crippen molar-refractivity contribution in [3.05, 3.63) is 71.8 Å². The quantitative estimate of drug-likeness (QED) is 0.695. The molecule has 2 aliphatic heterocycles. The number of hydrogen-bond acceptors (Lipinski definition) is 5. The summed E-state index contributed by atoms with van der Waals surface area (Å²) in [5, 5.41) is 0. The van der Waals surface area contributed by atoms with Crippen LogP contribution < -0.4 is 4.31 Å². The second-order valence-corrected chi connectivity index (χ2v) is 10.1. The van der Waals surface area contributed by atoms with Gasteiger partial charge in [0.1, 0.15) is 0 Å². The zero-order chi connectivity index (χ0) is 22.7. The molecule has 0 bridgehead atoms. The van der Waals surface area contributed by atoms with Crippen LogP contribution in [0.15, 0.2) is 60.7 Å². The molecular formula is C24H27N3O4S. The molecule has 2 aromatic carbocycles. The number of carbonyl (C=O) groups excluding carboxylic acids is 2. The van der Waals surface area contributed by atoms with Gasteiger partial charge in [-0.15, -0.1) is 0 Å². The summed E-state index contributed by atoms with van der Waals surface area (Å²) in [4.78, 5) is 29.2. The fourth-order valence-electron chi connectivity index (χ4n) is 4.04. The van der Waals surface area contributed by atoms with Gasteiger partial charge in [0.15, 0.2) is 0 Å². The molecule has 0 N–H and O–H groups in total. The third-order valence-electron chi connectivity index (χ3n) is 5.84. The molecule has 0 aromatic heterocycles. The van der Waals surface area contributed by atoms with Crippen LogP contribution in [0.4, 0.5) is 5.69 Å². The van der Waals surface area contributed by atoms with Crippen LogP contribution in [0.5, 0.6) is 0 Å². The lowest BCUT2D eigenvalue weighted by molar-refractivity contribution is -0.119. The van der Waals surface area contributed by atoms with Crippen LogP contribution in [0.1, 0.15) is 22.8 Å². The molecule has 32 heavy (non-hydrogen) atoms. The highest BCUT2D eigenvalue weighted by molar-refractivity contribution is 7.94. The smallest absolute Gasteiger partial charge is 0.253 e. The molecule has 168 valence electrons. The molecule has 4 rings (SSSR count). The predicted molar refractivity (Wildman–Crippen MR) is 125 cm³/mol. The molecule has 2 aromatic rings. The minimum absolute atomic E-state index is 0.0833. The number of benzene rings is 2. The Balaban J connectivity index is 1.32. The largest absolute Gasteiger partial charge is 0.336 e. The van der Waals surface area contributed by atoms with Crippen LogP contribution in [-0.2, 0) is 14.8 Å². The molecule has 2 saturated heterocycles. The van der Waals surface area contributed by atoms with E-state index in [9.17, 15) is 18.0 Å². The second-order valence-electron chi connectivity index (χ2n) is 8.23. The number of piperazine rings is 1. The molecule has 7 nitrogen and oxygen atoms in total. The van der Waals surface area contributed by atoms with Crippen molar-refractivity contribution in [2.24, 2.45) is 5.92 Å². The Kier molecular flexibility index (Phi) is 6.43. The normalized spacial score (nSPS) is 21.4. The number of nitrogens with zero attached hydrogens (tertiary/aromatic N) is 3. The molecule has 8 heteroatoms. The molecule has 2 aliphatic rings. The lowest BCUT2D eigenvalue weighted by atomic mass is 10.1. The maximum atomic E-state index is 12.9. The van der Waals surface area contributed by atoms with Crippen LogP contribution in [0.3, 0.4) is 0 Å².